The molecule has 104 valence electrons. The molecule has 0 atom stereocenters. The molecule has 0 aliphatic rings. The van der Waals surface area contributed by atoms with E-state index in [0.29, 0.717) is 18.3 Å². The maximum Gasteiger partial charge on any atom is 0.226 e. The van der Waals surface area contributed by atoms with E-state index in [1.165, 1.54) is 5.56 Å². The molecule has 0 aromatic carbocycles. The van der Waals surface area contributed by atoms with Gasteiger partial charge in [-0.2, -0.15) is 4.98 Å². The fraction of sp³-hybridized carbons (Fsp3) is 0.357. The fourth-order valence-corrected chi connectivity index (χ4v) is 2.30. The van der Waals surface area contributed by atoms with Crippen molar-refractivity contribution in [3.63, 3.8) is 0 Å². The van der Waals surface area contributed by atoms with E-state index in [4.69, 9.17) is 4.52 Å². The summed E-state index contributed by atoms with van der Waals surface area (Å²) in [6.45, 7) is 3.37. The Bertz CT molecular complexity index is 715. The number of nitrogens with one attached hydrogen (secondary N) is 1. The second kappa shape index (κ2) is 5.42. The molecule has 0 unspecified atom stereocenters. The molecule has 0 radical (unpaired) electrons. The Balaban J connectivity index is 1.98. The van der Waals surface area contributed by atoms with Gasteiger partial charge >= 0.3 is 0 Å². The molecular formula is C14H17N5O. The lowest BCUT2D eigenvalue weighted by Gasteiger charge is -1.99. The van der Waals surface area contributed by atoms with Gasteiger partial charge in [0, 0.05) is 30.7 Å². The zero-order valence-electron chi connectivity index (χ0n) is 11.6. The summed E-state index contributed by atoms with van der Waals surface area (Å²) in [5.74, 6) is 1.35. The van der Waals surface area contributed by atoms with E-state index < -0.39 is 0 Å². The zero-order valence-corrected chi connectivity index (χ0v) is 11.6. The predicted molar refractivity (Wildman–Crippen MR) is 75.3 cm³/mol. The van der Waals surface area contributed by atoms with Crippen molar-refractivity contribution in [2.45, 2.75) is 26.4 Å². The van der Waals surface area contributed by atoms with Crippen molar-refractivity contribution < 1.29 is 4.52 Å². The Morgan fingerprint density at radius 2 is 2.30 bits per heavy atom. The number of aryl methyl sites for hydroxylation is 1. The van der Waals surface area contributed by atoms with Crippen LogP contribution in [0.1, 0.15) is 24.2 Å². The summed E-state index contributed by atoms with van der Waals surface area (Å²) in [6, 6.07) is 4.04. The first-order chi connectivity index (χ1) is 9.81. The number of nitrogens with zero attached hydrogens (tertiary/aromatic N) is 4. The molecule has 20 heavy (non-hydrogen) atoms. The maximum absolute atomic E-state index is 5.15. The molecule has 0 aliphatic carbocycles. The summed E-state index contributed by atoms with van der Waals surface area (Å²) in [7, 11) is 1.94. The van der Waals surface area contributed by atoms with Crippen molar-refractivity contribution >= 4 is 11.0 Å². The van der Waals surface area contributed by atoms with Gasteiger partial charge in [0.15, 0.2) is 5.82 Å². The molecule has 1 N–H and O–H groups in total. The number of hydrogen-bond acceptors (Lipinski definition) is 5. The van der Waals surface area contributed by atoms with Crippen LogP contribution in [0.3, 0.4) is 0 Å². The van der Waals surface area contributed by atoms with Crippen LogP contribution in [0.2, 0.25) is 0 Å². The number of hydrogen-bond donors (Lipinski definition) is 1. The van der Waals surface area contributed by atoms with Gasteiger partial charge in [-0.1, -0.05) is 12.1 Å². The third-order valence-corrected chi connectivity index (χ3v) is 3.21. The number of fused-ring (bicyclic) bond motifs is 1. The molecule has 3 aromatic rings. The largest absolute Gasteiger partial charge is 0.339 e. The summed E-state index contributed by atoms with van der Waals surface area (Å²) >= 11 is 0. The van der Waals surface area contributed by atoms with Gasteiger partial charge in [-0.05, 0) is 24.7 Å². The van der Waals surface area contributed by atoms with Crippen molar-refractivity contribution in [3.05, 3.63) is 41.8 Å². The number of pyridine rings is 1. The summed E-state index contributed by atoms with van der Waals surface area (Å²) in [5.41, 5.74) is 2.16. The monoisotopic (exact) mass is 271 g/mol. The van der Waals surface area contributed by atoms with Crippen LogP contribution in [-0.2, 0) is 19.5 Å². The SMILES string of the molecule is CCc1nc(Cn2cc(CNC)c3cccnc32)no1. The number of rotatable bonds is 5. The van der Waals surface area contributed by atoms with Crippen LogP contribution in [0.25, 0.3) is 11.0 Å². The van der Waals surface area contributed by atoms with Gasteiger partial charge in [0.1, 0.15) is 5.65 Å². The minimum Gasteiger partial charge on any atom is -0.339 e. The molecule has 3 heterocycles. The van der Waals surface area contributed by atoms with Crippen LogP contribution in [0, 0.1) is 0 Å². The molecule has 0 amide bonds. The zero-order chi connectivity index (χ0) is 13.9. The van der Waals surface area contributed by atoms with Gasteiger partial charge in [-0.25, -0.2) is 4.98 Å². The lowest BCUT2D eigenvalue weighted by Crippen LogP contribution is -2.04. The summed E-state index contributed by atoms with van der Waals surface area (Å²) in [5, 5.41) is 8.32. The van der Waals surface area contributed by atoms with E-state index in [0.717, 1.165) is 24.0 Å². The summed E-state index contributed by atoms with van der Waals surface area (Å²) in [6.07, 6.45) is 4.65. The van der Waals surface area contributed by atoms with Crippen molar-refractivity contribution in [2.24, 2.45) is 0 Å². The molecule has 3 aromatic heterocycles. The lowest BCUT2D eigenvalue weighted by atomic mass is 10.2. The molecule has 0 fully saturated rings. The number of aromatic nitrogens is 4. The van der Waals surface area contributed by atoms with Crippen molar-refractivity contribution in [1.82, 2.24) is 25.0 Å². The second-order valence-corrected chi connectivity index (χ2v) is 4.65. The van der Waals surface area contributed by atoms with E-state index in [-0.39, 0.29) is 0 Å². The Morgan fingerprint density at radius 1 is 1.40 bits per heavy atom. The molecule has 0 aliphatic heterocycles. The van der Waals surface area contributed by atoms with Crippen LogP contribution < -0.4 is 5.32 Å². The molecular weight excluding hydrogens is 254 g/mol. The molecule has 3 rings (SSSR count). The highest BCUT2D eigenvalue weighted by Crippen LogP contribution is 2.20. The fourth-order valence-electron chi connectivity index (χ4n) is 2.30. The molecule has 6 nitrogen and oxygen atoms in total. The molecule has 0 bridgehead atoms. The molecule has 0 saturated heterocycles. The summed E-state index contributed by atoms with van der Waals surface area (Å²) in [4.78, 5) is 8.80. The van der Waals surface area contributed by atoms with E-state index in [1.807, 2.05) is 20.0 Å². The van der Waals surface area contributed by atoms with E-state index >= 15 is 0 Å². The van der Waals surface area contributed by atoms with Crippen LogP contribution in [-0.4, -0.2) is 26.7 Å². The predicted octanol–water partition coefficient (Wildman–Crippen LogP) is 1.75. The van der Waals surface area contributed by atoms with Crippen LogP contribution >= 0.6 is 0 Å². The minimum atomic E-state index is 0.570. The third-order valence-electron chi connectivity index (χ3n) is 3.21. The van der Waals surface area contributed by atoms with Gasteiger partial charge in [-0.3, -0.25) is 0 Å². The Hall–Kier alpha value is -2.21. The lowest BCUT2D eigenvalue weighted by molar-refractivity contribution is 0.375. The minimum absolute atomic E-state index is 0.570. The normalized spacial score (nSPS) is 11.3. The van der Waals surface area contributed by atoms with Gasteiger partial charge < -0.3 is 14.4 Å². The van der Waals surface area contributed by atoms with Gasteiger partial charge in [0.25, 0.3) is 0 Å². The summed E-state index contributed by atoms with van der Waals surface area (Å²) < 4.78 is 7.21. The highest BCUT2D eigenvalue weighted by Gasteiger charge is 2.11. The second-order valence-electron chi connectivity index (χ2n) is 4.65. The van der Waals surface area contributed by atoms with E-state index in [2.05, 4.69) is 37.3 Å². The topological polar surface area (TPSA) is 68.8 Å². The van der Waals surface area contributed by atoms with Crippen LogP contribution in [0.5, 0.6) is 0 Å². The Morgan fingerprint density at radius 3 is 3.05 bits per heavy atom. The van der Waals surface area contributed by atoms with Crippen molar-refractivity contribution in [3.8, 4) is 0 Å². The molecule has 6 heteroatoms. The first-order valence-electron chi connectivity index (χ1n) is 6.70. The first-order valence-corrected chi connectivity index (χ1v) is 6.70. The maximum atomic E-state index is 5.15. The van der Waals surface area contributed by atoms with Crippen molar-refractivity contribution in [2.75, 3.05) is 7.05 Å². The van der Waals surface area contributed by atoms with Gasteiger partial charge in [0.2, 0.25) is 5.89 Å². The smallest absolute Gasteiger partial charge is 0.226 e. The molecule has 0 spiro atoms. The van der Waals surface area contributed by atoms with Crippen LogP contribution in [0.15, 0.2) is 29.0 Å². The average Bonchev–Trinajstić information content (AvgIpc) is 3.06. The molecule has 0 saturated carbocycles. The quantitative estimate of drug-likeness (QED) is 0.765. The highest BCUT2D eigenvalue weighted by atomic mass is 16.5. The third kappa shape index (κ3) is 2.30. The Kier molecular flexibility index (Phi) is 3.47. The first kappa shape index (κ1) is 12.8. The van der Waals surface area contributed by atoms with Gasteiger partial charge in [-0.15, -0.1) is 0 Å². The van der Waals surface area contributed by atoms with E-state index in [9.17, 15) is 0 Å². The van der Waals surface area contributed by atoms with E-state index in [1.54, 1.807) is 6.20 Å². The van der Waals surface area contributed by atoms with Gasteiger partial charge in [0.05, 0.1) is 6.54 Å². The standard InChI is InChI=1S/C14H17N5O/c1-3-13-17-12(18-20-13)9-19-8-10(7-15-2)11-5-4-6-16-14(11)19/h4-6,8,15H,3,7,9H2,1-2H3. The Labute approximate surface area is 116 Å². The average molecular weight is 271 g/mol. The van der Waals surface area contributed by atoms with Crippen molar-refractivity contribution in [1.29, 1.82) is 0 Å². The van der Waals surface area contributed by atoms with Crippen LogP contribution in [0.4, 0.5) is 0 Å². The highest BCUT2D eigenvalue weighted by molar-refractivity contribution is 5.80.